The number of hydrogen-bond donors (Lipinski definition) is 2. The Balaban J connectivity index is 2.77. The number of para-hydroxylation sites is 1. The average Bonchev–Trinajstić information content (AvgIpc) is 2.35. The molecule has 1 aromatic carbocycles. The number of hydrogen-bond acceptors (Lipinski definition) is 4. The van der Waals surface area contributed by atoms with E-state index in [9.17, 15) is 9.59 Å². The molecule has 1 aromatic rings. The van der Waals surface area contributed by atoms with Gasteiger partial charge in [-0.25, -0.2) is 9.59 Å². The first kappa shape index (κ1) is 17.8. The first-order chi connectivity index (χ1) is 10.0. The van der Waals surface area contributed by atoms with Crippen molar-refractivity contribution >= 4 is 12.1 Å². The maximum Gasteiger partial charge on any atom is 0.407 e. The maximum absolute atomic E-state index is 11.7. The Kier molecular flexibility index (Phi) is 5.41. The number of rotatable bonds is 5. The summed E-state index contributed by atoms with van der Waals surface area (Å²) in [4.78, 5) is 22.8. The Morgan fingerprint density at radius 3 is 2.27 bits per heavy atom. The molecule has 0 spiro atoms. The number of carbonyl (C=O) groups is 2. The molecular weight excluding hydrogens is 286 g/mol. The molecule has 2 N–H and O–H groups in total. The molecule has 0 unspecified atom stereocenters. The van der Waals surface area contributed by atoms with Gasteiger partial charge in [0.25, 0.3) is 0 Å². The van der Waals surface area contributed by atoms with Crippen molar-refractivity contribution in [2.45, 2.75) is 52.4 Å². The summed E-state index contributed by atoms with van der Waals surface area (Å²) in [6, 6.07) is 6.94. The van der Waals surface area contributed by atoms with Crippen molar-refractivity contribution in [2.75, 3.05) is 0 Å². The Morgan fingerprint density at radius 2 is 1.73 bits per heavy atom. The number of carboxylic acids is 1. The number of carbonyl (C=O) groups excluding carboxylic acids is 1. The number of benzene rings is 1. The van der Waals surface area contributed by atoms with Gasteiger partial charge >= 0.3 is 12.1 Å². The second-order valence-corrected chi connectivity index (χ2v) is 6.38. The van der Waals surface area contributed by atoms with Gasteiger partial charge in [0.2, 0.25) is 0 Å². The fraction of sp³-hybridized carbons (Fsp3) is 0.500. The fourth-order valence-corrected chi connectivity index (χ4v) is 1.55. The van der Waals surface area contributed by atoms with Crippen LogP contribution in [0.1, 0.15) is 40.2 Å². The average molecular weight is 309 g/mol. The molecule has 1 amide bonds. The monoisotopic (exact) mass is 309 g/mol. The van der Waals surface area contributed by atoms with Crippen LogP contribution in [-0.2, 0) is 16.1 Å². The molecule has 0 atom stereocenters. The fourth-order valence-electron chi connectivity index (χ4n) is 1.55. The Bertz CT molecular complexity index is 546. The summed E-state index contributed by atoms with van der Waals surface area (Å²) in [6.07, 6.45) is -0.542. The smallest absolute Gasteiger partial charge is 0.407 e. The Hall–Kier alpha value is -2.24. The van der Waals surface area contributed by atoms with Crippen LogP contribution in [0, 0.1) is 0 Å². The molecule has 1 rings (SSSR count). The summed E-state index contributed by atoms with van der Waals surface area (Å²) in [6.45, 7) is 8.44. The van der Waals surface area contributed by atoms with E-state index in [1.54, 1.807) is 45.0 Å². The van der Waals surface area contributed by atoms with Crippen LogP contribution in [0.4, 0.5) is 4.79 Å². The second kappa shape index (κ2) is 6.68. The van der Waals surface area contributed by atoms with E-state index in [2.05, 4.69) is 5.32 Å². The largest absolute Gasteiger partial charge is 0.478 e. The van der Waals surface area contributed by atoms with Crippen LogP contribution in [0.5, 0.6) is 5.75 Å². The molecule has 0 aromatic heterocycles. The zero-order valence-electron chi connectivity index (χ0n) is 13.6. The molecule has 0 radical (unpaired) electrons. The molecule has 22 heavy (non-hydrogen) atoms. The first-order valence-electron chi connectivity index (χ1n) is 6.98. The number of ether oxygens (including phenoxy) is 2. The van der Waals surface area contributed by atoms with Gasteiger partial charge in [-0.2, -0.15) is 0 Å². The molecule has 122 valence electrons. The lowest BCUT2D eigenvalue weighted by atomic mass is 10.1. The van der Waals surface area contributed by atoms with Gasteiger partial charge in [-0.3, -0.25) is 0 Å². The van der Waals surface area contributed by atoms with Crippen LogP contribution in [0.15, 0.2) is 24.3 Å². The number of nitrogens with one attached hydrogen (secondary N) is 1. The maximum atomic E-state index is 11.7. The summed E-state index contributed by atoms with van der Waals surface area (Å²) in [5, 5.41) is 11.7. The molecule has 6 heteroatoms. The highest BCUT2D eigenvalue weighted by Crippen LogP contribution is 2.23. The van der Waals surface area contributed by atoms with Gasteiger partial charge in [0.1, 0.15) is 11.4 Å². The summed E-state index contributed by atoms with van der Waals surface area (Å²) in [7, 11) is 0. The third-order valence-electron chi connectivity index (χ3n) is 2.67. The van der Waals surface area contributed by atoms with E-state index in [0.717, 1.165) is 0 Å². The van der Waals surface area contributed by atoms with E-state index in [4.69, 9.17) is 14.6 Å². The van der Waals surface area contributed by atoms with Gasteiger partial charge < -0.3 is 19.9 Å². The highest BCUT2D eigenvalue weighted by atomic mass is 16.6. The van der Waals surface area contributed by atoms with Gasteiger partial charge in [-0.05, 0) is 40.7 Å². The SMILES string of the molecule is CC(C)(C)OC(=O)NCc1ccccc1OC(C)(C)C(=O)O. The van der Waals surface area contributed by atoms with Gasteiger partial charge in [0.15, 0.2) is 5.60 Å². The highest BCUT2D eigenvalue weighted by Gasteiger charge is 2.30. The number of aliphatic carboxylic acids is 1. The van der Waals surface area contributed by atoms with Gasteiger partial charge in [0.05, 0.1) is 0 Å². The molecule has 0 saturated carbocycles. The minimum Gasteiger partial charge on any atom is -0.478 e. The van der Waals surface area contributed by atoms with Crippen molar-refractivity contribution in [2.24, 2.45) is 0 Å². The van der Waals surface area contributed by atoms with E-state index in [0.29, 0.717) is 11.3 Å². The number of amides is 1. The van der Waals surface area contributed by atoms with E-state index in [1.165, 1.54) is 13.8 Å². The quantitative estimate of drug-likeness (QED) is 0.873. The van der Waals surface area contributed by atoms with Crippen LogP contribution in [0.3, 0.4) is 0 Å². The van der Waals surface area contributed by atoms with Crippen molar-refractivity contribution in [1.29, 1.82) is 0 Å². The van der Waals surface area contributed by atoms with Crippen LogP contribution in [-0.4, -0.2) is 28.4 Å². The topological polar surface area (TPSA) is 84.9 Å². The van der Waals surface area contributed by atoms with Gasteiger partial charge in [-0.1, -0.05) is 18.2 Å². The minimum absolute atomic E-state index is 0.181. The Labute approximate surface area is 130 Å². The second-order valence-electron chi connectivity index (χ2n) is 6.38. The molecular formula is C16H23NO5. The minimum atomic E-state index is -1.36. The van der Waals surface area contributed by atoms with Gasteiger partial charge in [0, 0.05) is 12.1 Å². The zero-order chi connectivity index (χ0) is 17.0. The summed E-state index contributed by atoms with van der Waals surface area (Å²) >= 11 is 0. The lowest BCUT2D eigenvalue weighted by Gasteiger charge is -2.24. The standard InChI is InChI=1S/C16H23NO5/c1-15(2,3)22-14(20)17-10-11-8-6-7-9-12(11)21-16(4,5)13(18)19/h6-9H,10H2,1-5H3,(H,17,20)(H,18,19). The number of carboxylic acid groups (broad SMARTS) is 1. The van der Waals surface area contributed by atoms with Crippen LogP contribution < -0.4 is 10.1 Å². The van der Waals surface area contributed by atoms with E-state index >= 15 is 0 Å². The highest BCUT2D eigenvalue weighted by molar-refractivity contribution is 5.76. The molecule has 0 aliphatic heterocycles. The predicted molar refractivity (Wildman–Crippen MR) is 81.9 cm³/mol. The third-order valence-corrected chi connectivity index (χ3v) is 2.67. The predicted octanol–water partition coefficient (Wildman–Crippen LogP) is 2.95. The van der Waals surface area contributed by atoms with Crippen LogP contribution in [0.2, 0.25) is 0 Å². The van der Waals surface area contributed by atoms with E-state index in [-0.39, 0.29) is 6.54 Å². The normalized spacial score (nSPS) is 11.7. The molecule has 0 aliphatic carbocycles. The third kappa shape index (κ3) is 5.63. The van der Waals surface area contributed by atoms with E-state index < -0.39 is 23.3 Å². The van der Waals surface area contributed by atoms with Crippen LogP contribution in [0.25, 0.3) is 0 Å². The molecule has 0 fully saturated rings. The van der Waals surface area contributed by atoms with Crippen LogP contribution >= 0.6 is 0 Å². The van der Waals surface area contributed by atoms with Crippen molar-refractivity contribution < 1.29 is 24.2 Å². The first-order valence-corrected chi connectivity index (χ1v) is 6.98. The van der Waals surface area contributed by atoms with E-state index in [1.807, 2.05) is 0 Å². The summed E-state index contributed by atoms with van der Waals surface area (Å²) in [5.41, 5.74) is -1.27. The van der Waals surface area contributed by atoms with Crippen molar-refractivity contribution in [1.82, 2.24) is 5.32 Å². The van der Waals surface area contributed by atoms with Crippen molar-refractivity contribution in [3.8, 4) is 5.75 Å². The Morgan fingerprint density at radius 1 is 1.14 bits per heavy atom. The molecule has 0 bridgehead atoms. The summed E-state index contributed by atoms with van der Waals surface area (Å²) in [5.74, 6) is -0.659. The molecule has 0 heterocycles. The zero-order valence-corrected chi connectivity index (χ0v) is 13.6. The van der Waals surface area contributed by atoms with Crippen molar-refractivity contribution in [3.63, 3.8) is 0 Å². The lowest BCUT2D eigenvalue weighted by molar-refractivity contribution is -0.152. The molecule has 6 nitrogen and oxygen atoms in total. The number of alkyl carbamates (subject to hydrolysis) is 1. The lowest BCUT2D eigenvalue weighted by Crippen LogP contribution is -2.38. The van der Waals surface area contributed by atoms with Crippen molar-refractivity contribution in [3.05, 3.63) is 29.8 Å². The van der Waals surface area contributed by atoms with Gasteiger partial charge in [-0.15, -0.1) is 0 Å². The summed E-state index contributed by atoms with van der Waals surface area (Å²) < 4.78 is 10.7. The molecule has 0 aliphatic rings. The molecule has 0 saturated heterocycles.